The van der Waals surface area contributed by atoms with Gasteiger partial charge in [-0.1, -0.05) is 12.6 Å². The van der Waals surface area contributed by atoms with Gasteiger partial charge in [-0.15, -0.1) is 11.3 Å². The second-order valence-corrected chi connectivity index (χ2v) is 7.28. The summed E-state index contributed by atoms with van der Waals surface area (Å²) in [5, 5.41) is 16.7. The van der Waals surface area contributed by atoms with Crippen LogP contribution in [0.4, 0.5) is 5.69 Å². The molecule has 3 aromatic rings. The average Bonchev–Trinajstić information content (AvgIpc) is 3.08. The fourth-order valence-corrected chi connectivity index (χ4v) is 3.92. The molecule has 10 heteroatoms. The molecule has 0 fully saturated rings. The van der Waals surface area contributed by atoms with Crippen molar-refractivity contribution in [1.82, 2.24) is 15.3 Å². The van der Waals surface area contributed by atoms with E-state index in [2.05, 4.69) is 27.2 Å². The number of ether oxygens (including phenoxy) is 1. The number of thiophene rings is 1. The van der Waals surface area contributed by atoms with Gasteiger partial charge >= 0.3 is 5.97 Å². The minimum Gasteiger partial charge on any atom is -0.482 e. The molecule has 1 aromatic carbocycles. The number of carbonyl (C=O) groups is 2. The van der Waals surface area contributed by atoms with E-state index >= 15 is 0 Å². The zero-order chi connectivity index (χ0) is 20.5. The van der Waals surface area contributed by atoms with E-state index in [1.165, 1.54) is 11.3 Å². The van der Waals surface area contributed by atoms with E-state index in [0.29, 0.717) is 39.5 Å². The summed E-state index contributed by atoms with van der Waals surface area (Å²) in [6, 6.07) is 5.42. The maximum absolute atomic E-state index is 12.4. The Labute approximate surface area is 168 Å². The molecule has 4 rings (SSSR count). The third-order valence-corrected chi connectivity index (χ3v) is 5.25. The van der Waals surface area contributed by atoms with Crippen molar-refractivity contribution in [3.63, 3.8) is 0 Å². The summed E-state index contributed by atoms with van der Waals surface area (Å²) in [4.78, 5) is 42.3. The highest BCUT2D eigenvalue weighted by molar-refractivity contribution is 7.16. The lowest BCUT2D eigenvalue weighted by Gasteiger charge is -2.18. The zero-order valence-electron chi connectivity index (χ0n) is 15.1. The first-order valence-corrected chi connectivity index (χ1v) is 9.49. The molecule has 0 atom stereocenters. The van der Waals surface area contributed by atoms with E-state index in [0.717, 1.165) is 5.56 Å². The molecule has 29 heavy (non-hydrogen) atoms. The Balaban J connectivity index is 1.51. The van der Waals surface area contributed by atoms with Gasteiger partial charge in [-0.05, 0) is 28.6 Å². The van der Waals surface area contributed by atoms with E-state index in [-0.39, 0.29) is 24.8 Å². The molecule has 0 bridgehead atoms. The fourth-order valence-electron chi connectivity index (χ4n) is 2.98. The van der Waals surface area contributed by atoms with Crippen molar-refractivity contribution in [2.75, 3.05) is 11.9 Å². The lowest BCUT2D eigenvalue weighted by Crippen LogP contribution is -2.25. The molecule has 0 spiro atoms. The average molecular weight is 412 g/mol. The number of amides is 1. The van der Waals surface area contributed by atoms with Crippen molar-refractivity contribution < 1.29 is 19.4 Å². The Morgan fingerprint density at radius 1 is 1.38 bits per heavy atom. The van der Waals surface area contributed by atoms with Crippen molar-refractivity contribution in [1.29, 1.82) is 0 Å². The van der Waals surface area contributed by atoms with E-state index in [1.54, 1.807) is 17.5 Å². The number of carboxylic acids is 1. The van der Waals surface area contributed by atoms with Crippen LogP contribution in [0.5, 0.6) is 5.75 Å². The molecular weight excluding hydrogens is 396 g/mol. The molecule has 3 heterocycles. The molecule has 1 aliphatic heterocycles. The highest BCUT2D eigenvalue weighted by Crippen LogP contribution is 2.28. The molecule has 1 amide bonds. The second-order valence-electron chi connectivity index (χ2n) is 6.43. The summed E-state index contributed by atoms with van der Waals surface area (Å²) in [7, 11) is 0. The number of benzene rings is 1. The largest absolute Gasteiger partial charge is 0.482 e. The topological polar surface area (TPSA) is 133 Å². The first kappa shape index (κ1) is 18.7. The lowest BCUT2D eigenvalue weighted by molar-refractivity contribution is -0.136. The minimum absolute atomic E-state index is 0.000186. The minimum atomic E-state index is -1.01. The zero-order valence-corrected chi connectivity index (χ0v) is 15.9. The Bertz CT molecular complexity index is 1210. The summed E-state index contributed by atoms with van der Waals surface area (Å²) in [5.41, 5.74) is 1.92. The third kappa shape index (κ3) is 3.83. The van der Waals surface area contributed by atoms with Gasteiger partial charge in [0.2, 0.25) is 0 Å². The Hall–Kier alpha value is -3.66. The van der Waals surface area contributed by atoms with Crippen LogP contribution in [0.25, 0.3) is 15.9 Å². The Morgan fingerprint density at radius 3 is 3.00 bits per heavy atom. The normalized spacial score (nSPS) is 12.8. The summed E-state index contributed by atoms with van der Waals surface area (Å²) >= 11 is 1.21. The van der Waals surface area contributed by atoms with Crippen molar-refractivity contribution in [2.24, 2.45) is 0 Å². The van der Waals surface area contributed by atoms with Crippen LogP contribution in [-0.2, 0) is 22.6 Å². The van der Waals surface area contributed by atoms with Gasteiger partial charge in [-0.3, -0.25) is 14.4 Å². The molecular formula is C19H16N4O5S. The number of hydrogen-bond donors (Lipinski definition) is 4. The molecule has 1 aliphatic rings. The number of H-pyrrole nitrogens is 1. The summed E-state index contributed by atoms with van der Waals surface area (Å²) < 4.78 is 5.33. The quantitative estimate of drug-likeness (QED) is 0.484. The van der Waals surface area contributed by atoms with Crippen molar-refractivity contribution >= 4 is 44.8 Å². The molecule has 2 aromatic heterocycles. The van der Waals surface area contributed by atoms with Crippen LogP contribution in [0, 0.1) is 0 Å². The number of carbonyl (C=O) groups excluding carboxylic acids is 1. The summed E-state index contributed by atoms with van der Waals surface area (Å²) in [5.74, 6) is -0.328. The van der Waals surface area contributed by atoms with Gasteiger partial charge < -0.3 is 25.5 Å². The highest BCUT2D eigenvalue weighted by atomic mass is 32.1. The monoisotopic (exact) mass is 412 g/mol. The summed E-state index contributed by atoms with van der Waals surface area (Å²) in [6.07, 6.45) is -0.234. The van der Waals surface area contributed by atoms with Crippen LogP contribution < -0.4 is 20.9 Å². The number of fused-ring (bicyclic) bond motifs is 2. The van der Waals surface area contributed by atoms with Crippen LogP contribution in [0.15, 0.2) is 35.0 Å². The molecule has 0 saturated heterocycles. The van der Waals surface area contributed by atoms with Gasteiger partial charge in [0.1, 0.15) is 10.6 Å². The second kappa shape index (κ2) is 7.40. The number of hydrogen-bond acceptors (Lipinski definition) is 7. The number of aromatic nitrogens is 2. The molecule has 0 radical (unpaired) electrons. The van der Waals surface area contributed by atoms with Crippen molar-refractivity contribution in [3.8, 4) is 5.75 Å². The smallest absolute Gasteiger partial charge is 0.307 e. The fraction of sp³-hybridized carbons (Fsp3) is 0.158. The Morgan fingerprint density at radius 2 is 2.21 bits per heavy atom. The van der Waals surface area contributed by atoms with E-state index < -0.39 is 11.5 Å². The number of rotatable bonds is 6. The lowest BCUT2D eigenvalue weighted by atomic mass is 10.1. The first-order chi connectivity index (χ1) is 13.9. The summed E-state index contributed by atoms with van der Waals surface area (Å²) in [6.45, 7) is 4.30. The predicted octanol–water partition coefficient (Wildman–Crippen LogP) is 1.70. The predicted molar refractivity (Wildman–Crippen MR) is 108 cm³/mol. The van der Waals surface area contributed by atoms with E-state index in [9.17, 15) is 14.4 Å². The number of nitrogens with one attached hydrogen (secondary N) is 3. The maximum Gasteiger partial charge on any atom is 0.307 e. The standard InChI is InChI=1S/C19H16N4O5S/c1-9(20-6-10-2-3-13-12(4-10)21-14(24)7-28-13)17-22-18(27)16-11(5-15(25)26)8-29-19(16)23-17/h2-4,8,20H,1,5-7H2,(H,21,24)(H,25,26)(H,22,23,27). The highest BCUT2D eigenvalue weighted by Gasteiger charge is 2.17. The van der Waals surface area contributed by atoms with Gasteiger partial charge in [-0.2, -0.15) is 0 Å². The van der Waals surface area contributed by atoms with Crippen LogP contribution in [0.2, 0.25) is 0 Å². The SMILES string of the molecule is C=C(NCc1ccc2c(c1)NC(=O)CO2)c1nc2scc(CC(=O)O)c2c(=O)[nH]1. The molecule has 9 nitrogen and oxygen atoms in total. The van der Waals surface area contributed by atoms with Crippen LogP contribution in [0.1, 0.15) is 17.0 Å². The van der Waals surface area contributed by atoms with Crippen LogP contribution in [0.3, 0.4) is 0 Å². The number of aromatic amines is 1. The van der Waals surface area contributed by atoms with Crippen LogP contribution in [-0.4, -0.2) is 33.6 Å². The molecule has 4 N–H and O–H groups in total. The van der Waals surface area contributed by atoms with Crippen molar-refractivity contribution in [3.05, 3.63) is 57.5 Å². The maximum atomic E-state index is 12.4. The molecule has 0 aliphatic carbocycles. The number of anilines is 1. The van der Waals surface area contributed by atoms with Crippen molar-refractivity contribution in [2.45, 2.75) is 13.0 Å². The van der Waals surface area contributed by atoms with Gasteiger partial charge in [0.15, 0.2) is 12.4 Å². The Kier molecular flexibility index (Phi) is 4.77. The molecule has 0 saturated carbocycles. The number of nitrogens with zero attached hydrogens (tertiary/aromatic N) is 1. The number of aliphatic carboxylic acids is 1. The first-order valence-electron chi connectivity index (χ1n) is 8.61. The van der Waals surface area contributed by atoms with Gasteiger partial charge in [0.25, 0.3) is 11.5 Å². The van der Waals surface area contributed by atoms with E-state index in [4.69, 9.17) is 9.84 Å². The third-order valence-electron chi connectivity index (χ3n) is 4.33. The molecule has 0 unspecified atom stereocenters. The van der Waals surface area contributed by atoms with E-state index in [1.807, 2.05) is 6.07 Å². The van der Waals surface area contributed by atoms with Gasteiger partial charge in [-0.25, -0.2) is 4.98 Å². The van der Waals surface area contributed by atoms with Gasteiger partial charge in [0.05, 0.1) is 23.2 Å². The molecule has 148 valence electrons. The number of carboxylic acid groups (broad SMARTS) is 1. The van der Waals surface area contributed by atoms with Gasteiger partial charge in [0, 0.05) is 6.54 Å². The van der Waals surface area contributed by atoms with Crippen LogP contribution >= 0.6 is 11.3 Å².